The van der Waals surface area contributed by atoms with Crippen LogP contribution in [0.3, 0.4) is 0 Å². The minimum absolute atomic E-state index is 0.0143. The predicted octanol–water partition coefficient (Wildman–Crippen LogP) is 4.77. The van der Waals surface area contributed by atoms with Gasteiger partial charge in [-0.1, -0.05) is 54.8 Å². The second-order valence-corrected chi connectivity index (χ2v) is 13.3. The normalized spacial score (nSPS) is 20.4. The Labute approximate surface area is 269 Å². The van der Waals surface area contributed by atoms with Crippen molar-refractivity contribution in [1.29, 1.82) is 0 Å². The largest absolute Gasteiger partial charge is 0.451 e. The van der Waals surface area contributed by atoms with Crippen molar-refractivity contribution in [1.82, 2.24) is 21.3 Å². The molecule has 2 aliphatic heterocycles. The van der Waals surface area contributed by atoms with Crippen molar-refractivity contribution >= 4 is 40.3 Å². The number of furan rings is 1. The van der Waals surface area contributed by atoms with Crippen LogP contribution in [-0.4, -0.2) is 61.6 Å². The van der Waals surface area contributed by atoms with Crippen molar-refractivity contribution in [3.63, 3.8) is 0 Å². The average molecular weight is 635 g/mol. The standard InChI is InChI=1S/C35H43ClN4O5/c36-27-8-9-29-26(21-27)22-30(45-29)33(42)40-35(14-4-5-15-35)34(43)38-28(20-23-6-2-1-3-7-23)32(41)39-31(24-10-16-37-17-11-24)25-12-18-44-19-13-25/h1-3,6-9,21-22,24-25,28,31,37H,4-5,10-20H2,(H,38,43)(H,39,41)(H,40,42)/t28-,31?/m1/s1. The van der Waals surface area contributed by atoms with Crippen molar-refractivity contribution < 1.29 is 23.5 Å². The van der Waals surface area contributed by atoms with Gasteiger partial charge in [0, 0.05) is 36.1 Å². The molecule has 3 aliphatic rings. The van der Waals surface area contributed by atoms with Crippen LogP contribution in [0.25, 0.3) is 11.0 Å². The first-order valence-electron chi connectivity index (χ1n) is 16.4. The lowest BCUT2D eigenvalue weighted by Crippen LogP contribution is -2.62. The molecule has 3 heterocycles. The molecular weight excluding hydrogens is 592 g/mol. The number of carbonyl (C=O) groups is 3. The van der Waals surface area contributed by atoms with E-state index in [0.717, 1.165) is 57.2 Å². The molecule has 0 bridgehead atoms. The number of fused-ring (bicyclic) bond motifs is 1. The van der Waals surface area contributed by atoms with Gasteiger partial charge in [0.25, 0.3) is 5.91 Å². The molecule has 10 heteroatoms. The maximum absolute atomic E-state index is 14.2. The molecule has 9 nitrogen and oxygen atoms in total. The van der Waals surface area contributed by atoms with Gasteiger partial charge in [-0.25, -0.2) is 0 Å². The van der Waals surface area contributed by atoms with E-state index in [1.54, 1.807) is 24.3 Å². The quantitative estimate of drug-likeness (QED) is 0.255. The number of hydrogen-bond donors (Lipinski definition) is 4. The van der Waals surface area contributed by atoms with Gasteiger partial charge in [0.1, 0.15) is 17.2 Å². The Morgan fingerprint density at radius 3 is 2.36 bits per heavy atom. The van der Waals surface area contributed by atoms with Gasteiger partial charge in [0.15, 0.2) is 5.76 Å². The number of rotatable bonds is 10. The summed E-state index contributed by atoms with van der Waals surface area (Å²) in [6, 6.07) is 15.8. The van der Waals surface area contributed by atoms with E-state index in [9.17, 15) is 14.4 Å². The molecule has 3 fully saturated rings. The molecule has 240 valence electrons. The van der Waals surface area contributed by atoms with Crippen LogP contribution < -0.4 is 21.3 Å². The first kappa shape index (κ1) is 31.6. The number of amides is 3. The zero-order valence-corrected chi connectivity index (χ0v) is 26.4. The summed E-state index contributed by atoms with van der Waals surface area (Å²) in [6.07, 6.45) is 6.72. The Bertz CT molecular complexity index is 1460. The summed E-state index contributed by atoms with van der Waals surface area (Å²) in [5.74, 6) is -0.174. The molecule has 1 unspecified atom stereocenters. The van der Waals surface area contributed by atoms with Crippen LogP contribution in [0, 0.1) is 11.8 Å². The lowest BCUT2D eigenvalue weighted by atomic mass is 9.79. The molecule has 3 aromatic rings. The van der Waals surface area contributed by atoms with Crippen molar-refractivity contribution in [3.05, 3.63) is 70.9 Å². The first-order valence-corrected chi connectivity index (χ1v) is 16.7. The van der Waals surface area contributed by atoms with Crippen molar-refractivity contribution in [3.8, 4) is 0 Å². The molecule has 4 N–H and O–H groups in total. The minimum atomic E-state index is -1.14. The Balaban J connectivity index is 1.22. The van der Waals surface area contributed by atoms with E-state index < -0.39 is 17.5 Å². The van der Waals surface area contributed by atoms with Gasteiger partial charge < -0.3 is 30.4 Å². The smallest absolute Gasteiger partial charge is 0.287 e. The van der Waals surface area contributed by atoms with Crippen molar-refractivity contribution in [2.24, 2.45) is 11.8 Å². The zero-order valence-electron chi connectivity index (χ0n) is 25.6. The van der Waals surface area contributed by atoms with Gasteiger partial charge in [-0.15, -0.1) is 0 Å². The summed E-state index contributed by atoms with van der Waals surface area (Å²) in [6.45, 7) is 3.27. The number of hydrogen-bond acceptors (Lipinski definition) is 6. The highest BCUT2D eigenvalue weighted by molar-refractivity contribution is 6.31. The highest BCUT2D eigenvalue weighted by atomic mass is 35.5. The van der Waals surface area contributed by atoms with Crippen LogP contribution in [0.15, 0.2) is 59.0 Å². The van der Waals surface area contributed by atoms with Crippen molar-refractivity contribution in [2.75, 3.05) is 26.3 Å². The summed E-state index contributed by atoms with van der Waals surface area (Å²) < 4.78 is 11.4. The summed E-state index contributed by atoms with van der Waals surface area (Å²) in [5, 5.41) is 14.2. The summed E-state index contributed by atoms with van der Waals surface area (Å²) in [7, 11) is 0. The first-order chi connectivity index (χ1) is 21.9. The van der Waals surface area contributed by atoms with Crippen LogP contribution in [0.5, 0.6) is 0 Å². The van der Waals surface area contributed by atoms with Gasteiger partial charge in [0.2, 0.25) is 11.8 Å². The number of nitrogens with one attached hydrogen (secondary N) is 4. The molecule has 2 aromatic carbocycles. The van der Waals surface area contributed by atoms with E-state index in [1.807, 2.05) is 30.3 Å². The van der Waals surface area contributed by atoms with E-state index in [4.69, 9.17) is 20.8 Å². The highest BCUT2D eigenvalue weighted by Crippen LogP contribution is 2.32. The molecule has 2 saturated heterocycles. The van der Waals surface area contributed by atoms with Crippen LogP contribution in [0.1, 0.15) is 67.5 Å². The Morgan fingerprint density at radius 1 is 0.911 bits per heavy atom. The van der Waals surface area contributed by atoms with Gasteiger partial charge >= 0.3 is 0 Å². The highest BCUT2D eigenvalue weighted by Gasteiger charge is 2.45. The number of carbonyl (C=O) groups excluding carboxylic acids is 3. The summed E-state index contributed by atoms with van der Waals surface area (Å²) in [4.78, 5) is 41.8. The maximum atomic E-state index is 14.2. The fourth-order valence-corrected chi connectivity index (χ4v) is 7.49. The van der Waals surface area contributed by atoms with Gasteiger partial charge in [-0.2, -0.15) is 0 Å². The Kier molecular flexibility index (Phi) is 10.1. The number of benzene rings is 2. The summed E-state index contributed by atoms with van der Waals surface area (Å²) in [5.41, 5.74) is 0.354. The predicted molar refractivity (Wildman–Crippen MR) is 173 cm³/mol. The van der Waals surface area contributed by atoms with Gasteiger partial charge in [-0.3, -0.25) is 14.4 Å². The second-order valence-electron chi connectivity index (χ2n) is 12.8. The van der Waals surface area contributed by atoms with E-state index in [-0.39, 0.29) is 23.6 Å². The molecule has 2 atom stereocenters. The Morgan fingerprint density at radius 2 is 1.62 bits per heavy atom. The van der Waals surface area contributed by atoms with Crippen LogP contribution >= 0.6 is 11.6 Å². The SMILES string of the molecule is O=C(NC1(C(=O)N[C@H](Cc2ccccc2)C(=O)NC(C2CCNCC2)C2CCOCC2)CCCC1)c1cc2cc(Cl)ccc2o1. The molecule has 6 rings (SSSR count). The lowest BCUT2D eigenvalue weighted by Gasteiger charge is -2.39. The third-order valence-corrected chi connectivity index (χ3v) is 10.1. The van der Waals surface area contributed by atoms with E-state index in [0.29, 0.717) is 60.3 Å². The molecular formula is C35H43ClN4O5. The third kappa shape index (κ3) is 7.54. The number of halogens is 1. The molecule has 1 saturated carbocycles. The van der Waals surface area contributed by atoms with E-state index >= 15 is 0 Å². The molecule has 45 heavy (non-hydrogen) atoms. The topological polar surface area (TPSA) is 122 Å². The molecule has 0 spiro atoms. The molecule has 0 radical (unpaired) electrons. The van der Waals surface area contributed by atoms with Crippen molar-refractivity contribution in [2.45, 2.75) is 75.4 Å². The lowest BCUT2D eigenvalue weighted by molar-refractivity contribution is -0.133. The average Bonchev–Trinajstić information content (AvgIpc) is 3.72. The fourth-order valence-electron chi connectivity index (χ4n) is 7.31. The zero-order chi connectivity index (χ0) is 31.2. The molecule has 3 amide bonds. The van der Waals surface area contributed by atoms with Crippen LogP contribution in [-0.2, 0) is 20.7 Å². The monoisotopic (exact) mass is 634 g/mol. The molecule has 1 aromatic heterocycles. The molecule has 1 aliphatic carbocycles. The van der Waals surface area contributed by atoms with Crippen LogP contribution in [0.4, 0.5) is 0 Å². The number of piperidine rings is 1. The number of ether oxygens (including phenoxy) is 1. The third-order valence-electron chi connectivity index (χ3n) is 9.83. The van der Waals surface area contributed by atoms with Gasteiger partial charge in [0.05, 0.1) is 0 Å². The van der Waals surface area contributed by atoms with E-state index in [1.165, 1.54) is 0 Å². The van der Waals surface area contributed by atoms with Crippen LogP contribution in [0.2, 0.25) is 5.02 Å². The summed E-state index contributed by atoms with van der Waals surface area (Å²) >= 11 is 6.12. The fraction of sp³-hybridized carbons (Fsp3) is 0.514. The second kappa shape index (κ2) is 14.4. The maximum Gasteiger partial charge on any atom is 0.287 e. The van der Waals surface area contributed by atoms with Gasteiger partial charge in [-0.05, 0) is 93.3 Å². The Hall–Kier alpha value is -3.40. The van der Waals surface area contributed by atoms with E-state index in [2.05, 4.69) is 21.3 Å². The minimum Gasteiger partial charge on any atom is -0.451 e.